The van der Waals surface area contributed by atoms with E-state index in [1.807, 2.05) is 30.3 Å². The van der Waals surface area contributed by atoms with E-state index in [0.29, 0.717) is 30.6 Å². The van der Waals surface area contributed by atoms with Gasteiger partial charge in [-0.15, -0.1) is 0 Å². The molecular weight excluding hydrogens is 328 g/mol. The van der Waals surface area contributed by atoms with Crippen molar-refractivity contribution >= 4 is 0 Å². The molecule has 1 aliphatic carbocycles. The zero-order valence-corrected chi connectivity index (χ0v) is 15.2. The van der Waals surface area contributed by atoms with Crippen LogP contribution < -0.4 is 9.47 Å². The second-order valence-electron chi connectivity index (χ2n) is 7.11. The van der Waals surface area contributed by atoms with Gasteiger partial charge in [-0.3, -0.25) is 4.90 Å². The molecule has 3 atom stereocenters. The SMILES string of the molecule is COc1ccc(CN2CCO[C@@H]3C[C@@H](COc4ccccn4)C[C@@H]32)cc1. The molecule has 2 fully saturated rings. The van der Waals surface area contributed by atoms with Crippen LogP contribution in [-0.2, 0) is 11.3 Å². The summed E-state index contributed by atoms with van der Waals surface area (Å²) in [5.41, 5.74) is 1.32. The summed E-state index contributed by atoms with van der Waals surface area (Å²) in [4.78, 5) is 6.81. The second-order valence-corrected chi connectivity index (χ2v) is 7.11. The molecule has 0 bridgehead atoms. The van der Waals surface area contributed by atoms with E-state index < -0.39 is 0 Å². The molecule has 1 aromatic heterocycles. The minimum atomic E-state index is 0.319. The fourth-order valence-electron chi connectivity index (χ4n) is 4.06. The lowest BCUT2D eigenvalue weighted by atomic mass is 10.1. The Bertz CT molecular complexity index is 692. The third-order valence-electron chi connectivity index (χ3n) is 5.40. The number of aromatic nitrogens is 1. The number of hydrogen-bond donors (Lipinski definition) is 0. The van der Waals surface area contributed by atoms with Gasteiger partial charge in [0.15, 0.2) is 0 Å². The third kappa shape index (κ3) is 4.00. The van der Waals surface area contributed by atoms with Crippen molar-refractivity contribution in [2.45, 2.75) is 31.5 Å². The lowest BCUT2D eigenvalue weighted by Crippen LogP contribution is -2.47. The molecule has 1 saturated heterocycles. The quantitative estimate of drug-likeness (QED) is 0.797. The Morgan fingerprint density at radius 3 is 2.81 bits per heavy atom. The number of fused-ring (bicyclic) bond motifs is 1. The van der Waals surface area contributed by atoms with Crippen molar-refractivity contribution in [2.24, 2.45) is 5.92 Å². The Labute approximate surface area is 154 Å². The number of hydrogen-bond acceptors (Lipinski definition) is 5. The van der Waals surface area contributed by atoms with E-state index in [-0.39, 0.29) is 0 Å². The van der Waals surface area contributed by atoms with E-state index >= 15 is 0 Å². The molecule has 0 unspecified atom stereocenters. The number of ether oxygens (including phenoxy) is 3. The van der Waals surface area contributed by atoms with Gasteiger partial charge in [0.1, 0.15) is 5.75 Å². The zero-order valence-electron chi connectivity index (χ0n) is 15.2. The predicted octanol–water partition coefficient (Wildman–Crippen LogP) is 3.15. The predicted molar refractivity (Wildman–Crippen MR) is 99.4 cm³/mol. The zero-order chi connectivity index (χ0) is 17.8. The standard InChI is InChI=1S/C21H26N2O3/c1-24-18-7-5-16(6-8-18)14-23-10-11-25-20-13-17(12-19(20)23)15-26-21-4-2-3-9-22-21/h2-9,17,19-20H,10-15H2,1H3/t17-,19-,20+/m0/s1. The summed E-state index contributed by atoms with van der Waals surface area (Å²) in [6, 6.07) is 14.6. The molecule has 2 aromatic rings. The minimum Gasteiger partial charge on any atom is -0.497 e. The Hall–Kier alpha value is -2.11. The topological polar surface area (TPSA) is 43.8 Å². The summed E-state index contributed by atoms with van der Waals surface area (Å²) in [5.74, 6) is 2.13. The van der Waals surface area contributed by atoms with Crippen LogP contribution in [0.1, 0.15) is 18.4 Å². The number of benzene rings is 1. The summed E-state index contributed by atoms with van der Waals surface area (Å²) in [6.45, 7) is 3.47. The van der Waals surface area contributed by atoms with Gasteiger partial charge < -0.3 is 14.2 Å². The van der Waals surface area contributed by atoms with Crippen molar-refractivity contribution < 1.29 is 14.2 Å². The summed E-state index contributed by atoms with van der Waals surface area (Å²) in [6.07, 6.45) is 4.27. The number of morpholine rings is 1. The first-order valence-electron chi connectivity index (χ1n) is 9.34. The van der Waals surface area contributed by atoms with Crippen LogP contribution in [0.3, 0.4) is 0 Å². The van der Waals surface area contributed by atoms with Gasteiger partial charge in [0.25, 0.3) is 0 Å². The molecule has 1 aliphatic heterocycles. The van der Waals surface area contributed by atoms with Crippen molar-refractivity contribution in [3.05, 3.63) is 54.2 Å². The lowest BCUT2D eigenvalue weighted by molar-refractivity contribution is -0.0590. The van der Waals surface area contributed by atoms with E-state index in [4.69, 9.17) is 14.2 Å². The maximum absolute atomic E-state index is 6.06. The average Bonchev–Trinajstić information content (AvgIpc) is 3.12. The highest BCUT2D eigenvalue weighted by atomic mass is 16.5. The Kier molecular flexibility index (Phi) is 5.37. The fourth-order valence-corrected chi connectivity index (χ4v) is 4.06. The maximum atomic E-state index is 6.06. The van der Waals surface area contributed by atoms with Crippen LogP contribution in [0.5, 0.6) is 11.6 Å². The molecule has 26 heavy (non-hydrogen) atoms. The number of pyridine rings is 1. The van der Waals surface area contributed by atoms with Crippen LogP contribution >= 0.6 is 0 Å². The molecule has 4 rings (SSSR count). The highest BCUT2D eigenvalue weighted by Gasteiger charge is 2.41. The van der Waals surface area contributed by atoms with Crippen molar-refractivity contribution in [1.82, 2.24) is 9.88 Å². The number of rotatable bonds is 6. The monoisotopic (exact) mass is 354 g/mol. The summed E-state index contributed by atoms with van der Waals surface area (Å²) in [7, 11) is 1.70. The molecule has 2 aliphatic rings. The van der Waals surface area contributed by atoms with Crippen LogP contribution in [0.4, 0.5) is 0 Å². The molecule has 0 N–H and O–H groups in total. The van der Waals surface area contributed by atoms with Gasteiger partial charge in [-0.25, -0.2) is 4.98 Å². The first kappa shape index (κ1) is 17.3. The van der Waals surface area contributed by atoms with Crippen molar-refractivity contribution in [3.8, 4) is 11.6 Å². The molecule has 5 nitrogen and oxygen atoms in total. The van der Waals surface area contributed by atoms with E-state index in [1.165, 1.54) is 5.56 Å². The van der Waals surface area contributed by atoms with Crippen molar-refractivity contribution in [2.75, 3.05) is 26.9 Å². The third-order valence-corrected chi connectivity index (χ3v) is 5.40. The minimum absolute atomic E-state index is 0.319. The first-order valence-corrected chi connectivity index (χ1v) is 9.34. The summed E-state index contributed by atoms with van der Waals surface area (Å²) in [5, 5.41) is 0. The molecule has 138 valence electrons. The molecule has 0 spiro atoms. The smallest absolute Gasteiger partial charge is 0.213 e. The molecule has 2 heterocycles. The molecule has 1 aromatic carbocycles. The van der Waals surface area contributed by atoms with Crippen molar-refractivity contribution in [1.29, 1.82) is 0 Å². The normalized spacial score (nSPS) is 25.7. The molecular formula is C21H26N2O3. The van der Waals surface area contributed by atoms with Crippen LogP contribution in [-0.4, -0.2) is 48.9 Å². The number of methoxy groups -OCH3 is 1. The average molecular weight is 354 g/mol. The summed E-state index contributed by atoms with van der Waals surface area (Å²) < 4.78 is 17.2. The van der Waals surface area contributed by atoms with E-state index in [0.717, 1.165) is 38.3 Å². The molecule has 1 saturated carbocycles. The van der Waals surface area contributed by atoms with Gasteiger partial charge in [0.05, 0.1) is 26.4 Å². The largest absolute Gasteiger partial charge is 0.497 e. The van der Waals surface area contributed by atoms with Crippen LogP contribution in [0.15, 0.2) is 48.7 Å². The van der Waals surface area contributed by atoms with Gasteiger partial charge in [-0.1, -0.05) is 18.2 Å². The van der Waals surface area contributed by atoms with Crippen LogP contribution in [0.25, 0.3) is 0 Å². The Morgan fingerprint density at radius 2 is 2.04 bits per heavy atom. The molecule has 0 amide bonds. The molecule has 5 heteroatoms. The number of nitrogens with zero attached hydrogens (tertiary/aromatic N) is 2. The van der Waals surface area contributed by atoms with E-state index in [2.05, 4.69) is 22.0 Å². The maximum Gasteiger partial charge on any atom is 0.213 e. The van der Waals surface area contributed by atoms with Gasteiger partial charge in [0, 0.05) is 31.4 Å². The van der Waals surface area contributed by atoms with Gasteiger partial charge >= 0.3 is 0 Å². The first-order chi connectivity index (χ1) is 12.8. The Morgan fingerprint density at radius 1 is 1.15 bits per heavy atom. The fraction of sp³-hybridized carbons (Fsp3) is 0.476. The Balaban J connectivity index is 1.35. The van der Waals surface area contributed by atoms with Crippen LogP contribution in [0, 0.1) is 5.92 Å². The van der Waals surface area contributed by atoms with E-state index in [9.17, 15) is 0 Å². The van der Waals surface area contributed by atoms with Gasteiger partial charge in [0.2, 0.25) is 5.88 Å². The lowest BCUT2D eigenvalue weighted by Gasteiger charge is -2.37. The molecule has 0 radical (unpaired) electrons. The van der Waals surface area contributed by atoms with Gasteiger partial charge in [-0.2, -0.15) is 0 Å². The summed E-state index contributed by atoms with van der Waals surface area (Å²) >= 11 is 0. The second kappa shape index (κ2) is 8.06. The van der Waals surface area contributed by atoms with Gasteiger partial charge in [-0.05, 0) is 42.5 Å². The van der Waals surface area contributed by atoms with Crippen LogP contribution in [0.2, 0.25) is 0 Å². The highest BCUT2D eigenvalue weighted by molar-refractivity contribution is 5.27. The van der Waals surface area contributed by atoms with E-state index in [1.54, 1.807) is 13.3 Å². The van der Waals surface area contributed by atoms with Crippen molar-refractivity contribution in [3.63, 3.8) is 0 Å². The highest BCUT2D eigenvalue weighted by Crippen LogP contribution is 2.35.